The van der Waals surface area contributed by atoms with Crippen molar-refractivity contribution in [2.24, 2.45) is 0 Å². The molecule has 138 valence electrons. The molecule has 4 heteroatoms. The molecule has 27 heavy (non-hydrogen) atoms. The molecule has 0 heterocycles. The van der Waals surface area contributed by atoms with Crippen LogP contribution in [0.1, 0.15) is 22.3 Å². The highest BCUT2D eigenvalue weighted by Crippen LogP contribution is 2.16. The van der Waals surface area contributed by atoms with Crippen LogP contribution in [0.5, 0.6) is 0 Å². The van der Waals surface area contributed by atoms with Gasteiger partial charge in [-0.25, -0.2) is 0 Å². The summed E-state index contributed by atoms with van der Waals surface area (Å²) in [7, 11) is 0. The maximum atomic E-state index is 12.2. The van der Waals surface area contributed by atoms with Crippen LogP contribution >= 0.6 is 11.6 Å². The molecule has 0 saturated heterocycles. The van der Waals surface area contributed by atoms with Crippen molar-refractivity contribution in [3.8, 4) is 0 Å². The first-order valence-electron chi connectivity index (χ1n) is 8.91. The highest BCUT2D eigenvalue weighted by Gasteiger charge is 2.08. The first kappa shape index (κ1) is 19.2. The van der Waals surface area contributed by atoms with E-state index in [1.807, 2.05) is 72.8 Å². The molecule has 1 amide bonds. The topological polar surface area (TPSA) is 38.3 Å². The maximum Gasteiger partial charge on any atom is 0.224 e. The number of nitrogens with one attached hydrogen (secondary N) is 1. The fourth-order valence-electron chi connectivity index (χ4n) is 2.79. The number of hydrogen-bond donors (Lipinski definition) is 1. The Morgan fingerprint density at radius 2 is 1.41 bits per heavy atom. The lowest BCUT2D eigenvalue weighted by Gasteiger charge is -2.12. The number of halogens is 1. The molecule has 0 aliphatic carbocycles. The van der Waals surface area contributed by atoms with Crippen molar-refractivity contribution in [2.45, 2.75) is 26.2 Å². The van der Waals surface area contributed by atoms with Gasteiger partial charge in [0.1, 0.15) is 0 Å². The van der Waals surface area contributed by atoms with E-state index in [1.165, 1.54) is 0 Å². The van der Waals surface area contributed by atoms with Gasteiger partial charge in [-0.3, -0.25) is 4.79 Å². The maximum absolute atomic E-state index is 12.2. The molecule has 0 bridgehead atoms. The second kappa shape index (κ2) is 9.91. The van der Waals surface area contributed by atoms with E-state index >= 15 is 0 Å². The van der Waals surface area contributed by atoms with Crippen molar-refractivity contribution in [3.05, 3.63) is 106 Å². The zero-order valence-corrected chi connectivity index (χ0v) is 15.8. The summed E-state index contributed by atoms with van der Waals surface area (Å²) in [5, 5.41) is 3.58. The predicted molar refractivity (Wildman–Crippen MR) is 108 cm³/mol. The van der Waals surface area contributed by atoms with E-state index in [0.717, 1.165) is 22.3 Å². The molecule has 0 unspecified atom stereocenters. The summed E-state index contributed by atoms with van der Waals surface area (Å²) in [4.78, 5) is 12.2. The summed E-state index contributed by atoms with van der Waals surface area (Å²) in [6.45, 7) is 1.54. The Morgan fingerprint density at radius 3 is 2.15 bits per heavy atom. The Morgan fingerprint density at radius 1 is 0.778 bits per heavy atom. The molecule has 0 saturated carbocycles. The van der Waals surface area contributed by atoms with E-state index in [0.29, 0.717) is 24.8 Å². The van der Waals surface area contributed by atoms with Gasteiger partial charge in [0.15, 0.2) is 0 Å². The minimum absolute atomic E-state index is 0.0527. The summed E-state index contributed by atoms with van der Waals surface area (Å²) in [6.07, 6.45) is 0.270. The Balaban J connectivity index is 1.52. The van der Waals surface area contributed by atoms with Crippen LogP contribution < -0.4 is 5.32 Å². The molecule has 0 atom stereocenters. The largest absolute Gasteiger partial charge is 0.372 e. The molecule has 0 radical (unpaired) electrons. The number of carbonyl (C=O) groups excluding carboxylic acids is 1. The van der Waals surface area contributed by atoms with Crippen LogP contribution in [0.4, 0.5) is 0 Å². The van der Waals surface area contributed by atoms with Gasteiger partial charge in [-0.1, -0.05) is 84.4 Å². The standard InChI is InChI=1S/C23H22ClNO2/c24-22-13-7-6-10-19(22)14-23(26)25-15-20-11-4-5-12-21(20)17-27-16-18-8-2-1-3-9-18/h1-13H,14-17H2,(H,25,26). The van der Waals surface area contributed by atoms with Crippen molar-refractivity contribution in [1.29, 1.82) is 0 Å². The molecule has 3 rings (SSSR count). The molecule has 0 spiro atoms. The third-order valence-corrected chi connectivity index (χ3v) is 4.64. The van der Waals surface area contributed by atoms with Crippen molar-refractivity contribution in [3.63, 3.8) is 0 Å². The van der Waals surface area contributed by atoms with Crippen molar-refractivity contribution in [2.75, 3.05) is 0 Å². The SMILES string of the molecule is O=C(Cc1ccccc1Cl)NCc1ccccc1COCc1ccccc1. The summed E-state index contributed by atoms with van der Waals surface area (Å²) in [6, 6.07) is 25.5. The van der Waals surface area contributed by atoms with Crippen molar-refractivity contribution < 1.29 is 9.53 Å². The van der Waals surface area contributed by atoms with Gasteiger partial charge in [0.05, 0.1) is 19.6 Å². The van der Waals surface area contributed by atoms with Gasteiger partial charge >= 0.3 is 0 Å². The number of carbonyl (C=O) groups is 1. The molecule has 0 aliphatic rings. The lowest BCUT2D eigenvalue weighted by Crippen LogP contribution is -2.25. The monoisotopic (exact) mass is 379 g/mol. The van der Waals surface area contributed by atoms with Crippen LogP contribution in [-0.4, -0.2) is 5.91 Å². The van der Waals surface area contributed by atoms with Crippen molar-refractivity contribution in [1.82, 2.24) is 5.32 Å². The molecule has 0 aromatic heterocycles. The van der Waals surface area contributed by atoms with Gasteiger partial charge in [-0.15, -0.1) is 0 Å². The second-order valence-corrected chi connectivity index (χ2v) is 6.70. The van der Waals surface area contributed by atoms with Crippen LogP contribution in [0.15, 0.2) is 78.9 Å². The highest BCUT2D eigenvalue weighted by atomic mass is 35.5. The fraction of sp³-hybridized carbons (Fsp3) is 0.174. The van der Waals surface area contributed by atoms with Gasteiger partial charge in [-0.2, -0.15) is 0 Å². The average Bonchev–Trinajstić information content (AvgIpc) is 2.70. The Labute approximate surface area is 164 Å². The number of ether oxygens (including phenoxy) is 1. The van der Waals surface area contributed by atoms with Crippen LogP contribution in [-0.2, 0) is 35.7 Å². The van der Waals surface area contributed by atoms with Crippen LogP contribution in [0.3, 0.4) is 0 Å². The van der Waals surface area contributed by atoms with E-state index in [1.54, 1.807) is 6.07 Å². The predicted octanol–water partition coefficient (Wildman–Crippen LogP) is 4.92. The molecular weight excluding hydrogens is 358 g/mol. The van der Waals surface area contributed by atoms with E-state index in [2.05, 4.69) is 5.32 Å². The smallest absolute Gasteiger partial charge is 0.224 e. The highest BCUT2D eigenvalue weighted by molar-refractivity contribution is 6.31. The Bertz CT molecular complexity index is 880. The summed E-state index contributed by atoms with van der Waals surface area (Å²) in [5.41, 5.74) is 4.10. The lowest BCUT2D eigenvalue weighted by atomic mass is 10.1. The quantitative estimate of drug-likeness (QED) is 0.603. The van der Waals surface area contributed by atoms with E-state index in [4.69, 9.17) is 16.3 Å². The van der Waals surface area contributed by atoms with Gasteiger partial charge < -0.3 is 10.1 Å². The first-order chi connectivity index (χ1) is 13.2. The number of rotatable bonds is 8. The molecule has 1 N–H and O–H groups in total. The number of hydrogen-bond acceptors (Lipinski definition) is 2. The Hall–Kier alpha value is -2.62. The van der Waals surface area contributed by atoms with E-state index in [9.17, 15) is 4.79 Å². The van der Waals surface area contributed by atoms with Crippen LogP contribution in [0.2, 0.25) is 5.02 Å². The molecule has 3 aromatic carbocycles. The lowest BCUT2D eigenvalue weighted by molar-refractivity contribution is -0.120. The summed E-state index contributed by atoms with van der Waals surface area (Å²) < 4.78 is 5.83. The fourth-order valence-corrected chi connectivity index (χ4v) is 3.00. The normalized spacial score (nSPS) is 10.6. The van der Waals surface area contributed by atoms with Gasteiger partial charge in [0.25, 0.3) is 0 Å². The van der Waals surface area contributed by atoms with E-state index in [-0.39, 0.29) is 12.3 Å². The minimum atomic E-state index is -0.0527. The molecule has 3 nitrogen and oxygen atoms in total. The second-order valence-electron chi connectivity index (χ2n) is 6.29. The zero-order chi connectivity index (χ0) is 18.9. The molecule has 0 aliphatic heterocycles. The van der Waals surface area contributed by atoms with Gasteiger partial charge in [-0.05, 0) is 28.3 Å². The Kier molecular flexibility index (Phi) is 7.03. The first-order valence-corrected chi connectivity index (χ1v) is 9.29. The molecule has 0 fully saturated rings. The van der Waals surface area contributed by atoms with Gasteiger partial charge in [0.2, 0.25) is 5.91 Å². The van der Waals surface area contributed by atoms with Crippen molar-refractivity contribution >= 4 is 17.5 Å². The number of amides is 1. The minimum Gasteiger partial charge on any atom is -0.372 e. The van der Waals surface area contributed by atoms with Crippen LogP contribution in [0, 0.1) is 0 Å². The van der Waals surface area contributed by atoms with E-state index < -0.39 is 0 Å². The molecule has 3 aromatic rings. The third kappa shape index (κ3) is 5.95. The number of benzene rings is 3. The van der Waals surface area contributed by atoms with Crippen LogP contribution in [0.25, 0.3) is 0 Å². The average molecular weight is 380 g/mol. The van der Waals surface area contributed by atoms with Gasteiger partial charge in [0, 0.05) is 11.6 Å². The third-order valence-electron chi connectivity index (χ3n) is 4.27. The zero-order valence-electron chi connectivity index (χ0n) is 15.0. The molecular formula is C23H22ClNO2. The summed E-state index contributed by atoms with van der Waals surface area (Å²) >= 11 is 6.12. The summed E-state index contributed by atoms with van der Waals surface area (Å²) in [5.74, 6) is -0.0527.